The molecular formula is C16H20N2O5S. The number of ether oxygens (including phenoxy) is 2. The number of amides is 2. The predicted octanol–water partition coefficient (Wildman–Crippen LogP) is 1.19. The highest BCUT2D eigenvalue weighted by Gasteiger charge is 2.34. The first-order valence-corrected chi connectivity index (χ1v) is 8.61. The maximum Gasteiger partial charge on any atom is 0.329 e. The molecule has 2 amide bonds. The molecule has 0 spiro atoms. The zero-order chi connectivity index (χ0) is 17.5. The summed E-state index contributed by atoms with van der Waals surface area (Å²) in [4.78, 5) is 35.9. The molecule has 1 saturated heterocycles. The molecule has 7 nitrogen and oxygen atoms in total. The second-order valence-corrected chi connectivity index (χ2v) is 6.32. The maximum atomic E-state index is 12.2. The van der Waals surface area contributed by atoms with Crippen LogP contribution in [0.15, 0.2) is 24.3 Å². The minimum atomic E-state index is -0.657. The van der Waals surface area contributed by atoms with Crippen LogP contribution in [0.3, 0.4) is 0 Å². The lowest BCUT2D eigenvalue weighted by atomic mass is 10.2. The lowest BCUT2D eigenvalue weighted by molar-refractivity contribution is -0.146. The van der Waals surface area contributed by atoms with Gasteiger partial charge in [0.25, 0.3) is 0 Å². The molecule has 0 unspecified atom stereocenters. The summed E-state index contributed by atoms with van der Waals surface area (Å²) in [5, 5.41) is 4.80. The van der Waals surface area contributed by atoms with E-state index in [0.29, 0.717) is 17.2 Å². The first-order valence-electron chi connectivity index (χ1n) is 7.56. The van der Waals surface area contributed by atoms with E-state index in [1.807, 2.05) is 0 Å². The van der Waals surface area contributed by atoms with E-state index < -0.39 is 17.3 Å². The molecule has 130 valence electrons. The highest BCUT2D eigenvalue weighted by atomic mass is 32.2. The SMILES string of the molecule is CCOC(=O)[C@H]1CS[C@@H](CC(=O)Nc2ccccc2OC)C(=O)N1. The lowest BCUT2D eigenvalue weighted by Crippen LogP contribution is -2.51. The van der Waals surface area contributed by atoms with E-state index in [9.17, 15) is 14.4 Å². The molecule has 1 fully saturated rings. The zero-order valence-electron chi connectivity index (χ0n) is 13.5. The Morgan fingerprint density at radius 1 is 1.38 bits per heavy atom. The largest absolute Gasteiger partial charge is 0.495 e. The summed E-state index contributed by atoms with van der Waals surface area (Å²) in [6.07, 6.45) is 0.0180. The first kappa shape index (κ1) is 18.1. The van der Waals surface area contributed by atoms with Crippen molar-refractivity contribution in [1.82, 2.24) is 5.32 Å². The molecule has 2 N–H and O–H groups in total. The molecule has 1 aromatic carbocycles. The van der Waals surface area contributed by atoms with Crippen LogP contribution in [0, 0.1) is 0 Å². The van der Waals surface area contributed by atoms with Gasteiger partial charge in [-0.05, 0) is 19.1 Å². The smallest absolute Gasteiger partial charge is 0.329 e. The van der Waals surface area contributed by atoms with Gasteiger partial charge in [0.1, 0.15) is 11.8 Å². The normalized spacial score (nSPS) is 20.0. The van der Waals surface area contributed by atoms with Crippen LogP contribution in [0.1, 0.15) is 13.3 Å². The Morgan fingerprint density at radius 3 is 2.79 bits per heavy atom. The quantitative estimate of drug-likeness (QED) is 0.747. The van der Waals surface area contributed by atoms with Crippen molar-refractivity contribution < 1.29 is 23.9 Å². The molecule has 0 saturated carbocycles. The number of carbonyl (C=O) groups is 3. The number of rotatable bonds is 6. The summed E-state index contributed by atoms with van der Waals surface area (Å²) in [6.45, 7) is 1.97. The molecule has 0 aliphatic carbocycles. The van der Waals surface area contributed by atoms with Gasteiger partial charge in [-0.15, -0.1) is 11.8 Å². The van der Waals surface area contributed by atoms with Crippen molar-refractivity contribution in [2.24, 2.45) is 0 Å². The topological polar surface area (TPSA) is 93.7 Å². The highest BCUT2D eigenvalue weighted by Crippen LogP contribution is 2.25. The fourth-order valence-corrected chi connectivity index (χ4v) is 3.37. The summed E-state index contributed by atoms with van der Waals surface area (Å²) < 4.78 is 10.1. The Bertz CT molecular complexity index is 622. The average molecular weight is 352 g/mol. The molecule has 1 heterocycles. The average Bonchev–Trinajstić information content (AvgIpc) is 2.57. The Morgan fingerprint density at radius 2 is 2.12 bits per heavy atom. The van der Waals surface area contributed by atoms with Crippen LogP contribution < -0.4 is 15.4 Å². The third kappa shape index (κ3) is 4.64. The predicted molar refractivity (Wildman–Crippen MR) is 91.1 cm³/mol. The number of methoxy groups -OCH3 is 1. The van der Waals surface area contributed by atoms with Crippen LogP contribution in [0.25, 0.3) is 0 Å². The summed E-state index contributed by atoms with van der Waals surface area (Å²) >= 11 is 1.28. The third-order valence-electron chi connectivity index (χ3n) is 3.40. The number of para-hydroxylation sites is 2. The monoisotopic (exact) mass is 352 g/mol. The van der Waals surface area contributed by atoms with Gasteiger partial charge >= 0.3 is 5.97 Å². The number of anilines is 1. The van der Waals surface area contributed by atoms with Crippen molar-refractivity contribution in [2.45, 2.75) is 24.6 Å². The minimum absolute atomic E-state index is 0.0180. The van der Waals surface area contributed by atoms with Crippen LogP contribution in [-0.2, 0) is 19.1 Å². The Hall–Kier alpha value is -2.22. The van der Waals surface area contributed by atoms with Gasteiger partial charge in [-0.3, -0.25) is 9.59 Å². The number of benzene rings is 1. The van der Waals surface area contributed by atoms with Crippen molar-refractivity contribution >= 4 is 35.2 Å². The van der Waals surface area contributed by atoms with Gasteiger partial charge in [0.05, 0.1) is 24.7 Å². The minimum Gasteiger partial charge on any atom is -0.495 e. The number of nitrogens with one attached hydrogen (secondary N) is 2. The molecule has 0 aromatic heterocycles. The molecule has 24 heavy (non-hydrogen) atoms. The molecule has 1 aliphatic rings. The summed E-state index contributed by atoms with van der Waals surface area (Å²) in [6, 6.07) is 6.39. The molecular weight excluding hydrogens is 332 g/mol. The van der Waals surface area contributed by atoms with Gasteiger partial charge in [0.2, 0.25) is 11.8 Å². The van der Waals surface area contributed by atoms with Gasteiger partial charge in [-0.1, -0.05) is 12.1 Å². The standard InChI is InChI=1S/C16H20N2O5S/c1-3-23-16(21)11-9-24-13(15(20)18-11)8-14(19)17-10-6-4-5-7-12(10)22-2/h4-7,11,13H,3,8-9H2,1-2H3,(H,17,19)(H,18,20)/t11-,13+/m1/s1. The van der Waals surface area contributed by atoms with Crippen LogP contribution in [0.4, 0.5) is 5.69 Å². The first-order chi connectivity index (χ1) is 11.5. The number of hydrogen-bond acceptors (Lipinski definition) is 6. The molecule has 0 bridgehead atoms. The third-order valence-corrected chi connectivity index (χ3v) is 4.70. The van der Waals surface area contributed by atoms with Gasteiger partial charge in [-0.2, -0.15) is 0 Å². The number of hydrogen-bond donors (Lipinski definition) is 2. The second-order valence-electron chi connectivity index (χ2n) is 5.09. The van der Waals surface area contributed by atoms with Crippen molar-refractivity contribution in [1.29, 1.82) is 0 Å². The highest BCUT2D eigenvalue weighted by molar-refractivity contribution is 8.00. The van der Waals surface area contributed by atoms with Crippen LogP contribution in [0.5, 0.6) is 5.75 Å². The van der Waals surface area contributed by atoms with Crippen LogP contribution >= 0.6 is 11.8 Å². The van der Waals surface area contributed by atoms with Crippen LogP contribution in [-0.4, -0.2) is 48.5 Å². The van der Waals surface area contributed by atoms with Gasteiger partial charge < -0.3 is 20.1 Å². The summed E-state index contributed by atoms with van der Waals surface area (Å²) in [5.74, 6) is -0.137. The van der Waals surface area contributed by atoms with E-state index in [2.05, 4.69) is 10.6 Å². The number of esters is 1. The van der Waals surface area contributed by atoms with E-state index in [4.69, 9.17) is 9.47 Å². The van der Waals surface area contributed by atoms with E-state index in [1.165, 1.54) is 18.9 Å². The molecule has 2 atom stereocenters. The van der Waals surface area contributed by atoms with Gasteiger partial charge in [0.15, 0.2) is 0 Å². The van der Waals surface area contributed by atoms with E-state index in [0.717, 1.165) is 0 Å². The fraction of sp³-hybridized carbons (Fsp3) is 0.438. The Labute approximate surface area is 144 Å². The van der Waals surface area contributed by atoms with E-state index in [-0.39, 0.29) is 24.8 Å². The van der Waals surface area contributed by atoms with E-state index in [1.54, 1.807) is 31.2 Å². The molecule has 0 radical (unpaired) electrons. The van der Waals surface area contributed by atoms with Crippen molar-refractivity contribution in [3.8, 4) is 5.75 Å². The summed E-state index contributed by atoms with van der Waals surface area (Å²) in [5.41, 5.74) is 0.551. The maximum absolute atomic E-state index is 12.2. The molecule has 2 rings (SSSR count). The van der Waals surface area contributed by atoms with Crippen LogP contribution in [0.2, 0.25) is 0 Å². The number of thioether (sulfide) groups is 1. The lowest BCUT2D eigenvalue weighted by Gasteiger charge is -2.27. The number of carbonyl (C=O) groups excluding carboxylic acids is 3. The van der Waals surface area contributed by atoms with Crippen molar-refractivity contribution in [3.63, 3.8) is 0 Å². The Kier molecular flexibility index (Phi) is 6.48. The van der Waals surface area contributed by atoms with Gasteiger partial charge in [0, 0.05) is 12.2 Å². The van der Waals surface area contributed by atoms with Crippen molar-refractivity contribution in [3.05, 3.63) is 24.3 Å². The fourth-order valence-electron chi connectivity index (χ4n) is 2.23. The molecule has 1 aliphatic heterocycles. The second kappa shape index (κ2) is 8.58. The molecule has 1 aromatic rings. The summed E-state index contributed by atoms with van der Waals surface area (Å²) in [7, 11) is 1.52. The van der Waals surface area contributed by atoms with E-state index >= 15 is 0 Å². The van der Waals surface area contributed by atoms with Gasteiger partial charge in [-0.25, -0.2) is 4.79 Å². The Balaban J connectivity index is 1.89. The van der Waals surface area contributed by atoms with Crippen molar-refractivity contribution in [2.75, 3.05) is 24.8 Å². The molecule has 8 heteroatoms. The zero-order valence-corrected chi connectivity index (χ0v) is 14.4.